The molecule has 1 aromatic heterocycles. The van der Waals surface area contributed by atoms with E-state index in [4.69, 9.17) is 5.11 Å². The quantitative estimate of drug-likeness (QED) is 0.439. The van der Waals surface area contributed by atoms with Crippen molar-refractivity contribution in [3.63, 3.8) is 0 Å². The van der Waals surface area contributed by atoms with Gasteiger partial charge in [0.2, 0.25) is 0 Å². The minimum atomic E-state index is -1.19. The molecule has 0 bridgehead atoms. The van der Waals surface area contributed by atoms with Crippen LogP contribution in [0.3, 0.4) is 0 Å². The van der Waals surface area contributed by atoms with E-state index in [-0.39, 0.29) is 28.5 Å². The number of carbonyl (C=O) groups is 1. The van der Waals surface area contributed by atoms with Crippen molar-refractivity contribution in [2.24, 2.45) is 11.3 Å². The van der Waals surface area contributed by atoms with E-state index in [1.54, 1.807) is 0 Å². The number of benzene rings is 2. The highest BCUT2D eigenvalue weighted by Crippen LogP contribution is 2.63. The Morgan fingerprint density at radius 2 is 2.00 bits per heavy atom. The first-order valence-corrected chi connectivity index (χ1v) is 12.2. The molecule has 2 saturated carbocycles. The Morgan fingerprint density at radius 3 is 2.63 bits per heavy atom. The Morgan fingerprint density at radius 1 is 1.26 bits per heavy atom. The maximum absolute atomic E-state index is 15.6. The minimum Gasteiger partial charge on any atom is -0.478 e. The first-order chi connectivity index (χ1) is 16.8. The monoisotopic (exact) mass is 480 g/mol. The van der Waals surface area contributed by atoms with Gasteiger partial charge in [0, 0.05) is 40.8 Å². The van der Waals surface area contributed by atoms with Gasteiger partial charge in [-0.25, -0.2) is 18.0 Å². The van der Waals surface area contributed by atoms with Crippen molar-refractivity contribution >= 4 is 22.9 Å². The number of aromatic amines is 1. The fourth-order valence-electron chi connectivity index (χ4n) is 6.73. The number of para-hydroxylation sites is 1. The van der Waals surface area contributed by atoms with Crippen LogP contribution in [0.4, 0.5) is 13.2 Å². The molecule has 182 valence electrons. The van der Waals surface area contributed by atoms with E-state index in [1.807, 2.05) is 24.3 Å². The van der Waals surface area contributed by atoms with Crippen LogP contribution in [0.5, 0.6) is 0 Å². The molecule has 3 aliphatic rings. The summed E-state index contributed by atoms with van der Waals surface area (Å²) in [5, 5.41) is 9.93. The first kappa shape index (κ1) is 22.4. The molecule has 0 radical (unpaired) electrons. The van der Waals surface area contributed by atoms with Crippen LogP contribution in [0.15, 0.2) is 42.5 Å². The summed E-state index contributed by atoms with van der Waals surface area (Å²) in [4.78, 5) is 16.5. The van der Waals surface area contributed by atoms with Crippen LogP contribution >= 0.6 is 0 Å². The zero-order valence-corrected chi connectivity index (χ0v) is 19.4. The summed E-state index contributed by atoms with van der Waals surface area (Å²) in [5.41, 5.74) is 2.73. The van der Waals surface area contributed by atoms with Gasteiger partial charge in [-0.3, -0.25) is 4.90 Å². The number of nitrogens with one attached hydrogen (secondary N) is 1. The highest BCUT2D eigenvalue weighted by atomic mass is 19.1. The number of rotatable bonds is 5. The predicted molar refractivity (Wildman–Crippen MR) is 128 cm³/mol. The molecule has 4 nitrogen and oxygen atoms in total. The SMILES string of the molecule is CC1Cc2c([nH]c3ccccc23)C(c2c(F)cc(/C=C/C(=O)O)cc2F)N1CC12CCC1C(F)C2. The minimum absolute atomic E-state index is 0.00590. The Kier molecular flexibility index (Phi) is 5.11. The number of hydrogen-bond donors (Lipinski definition) is 2. The molecule has 0 amide bonds. The van der Waals surface area contributed by atoms with Crippen LogP contribution < -0.4 is 0 Å². The van der Waals surface area contributed by atoms with Crippen LogP contribution in [0, 0.1) is 23.0 Å². The van der Waals surface area contributed by atoms with Crippen LogP contribution in [0.25, 0.3) is 17.0 Å². The molecule has 2 aliphatic carbocycles. The highest BCUT2D eigenvalue weighted by molar-refractivity contribution is 5.86. The second-order valence-electron chi connectivity index (χ2n) is 10.5. The van der Waals surface area contributed by atoms with Crippen molar-refractivity contribution < 1.29 is 23.1 Å². The molecule has 7 heteroatoms. The Bertz CT molecular complexity index is 1340. The lowest BCUT2D eigenvalue weighted by Crippen LogP contribution is -2.63. The van der Waals surface area contributed by atoms with Crippen LogP contribution in [0.2, 0.25) is 0 Å². The van der Waals surface area contributed by atoms with E-state index < -0.39 is 29.8 Å². The van der Waals surface area contributed by atoms with Gasteiger partial charge in [-0.15, -0.1) is 0 Å². The summed E-state index contributed by atoms with van der Waals surface area (Å²) in [7, 11) is 0. The van der Waals surface area contributed by atoms with Crippen LogP contribution in [-0.2, 0) is 11.2 Å². The van der Waals surface area contributed by atoms with E-state index in [9.17, 15) is 9.18 Å². The second kappa shape index (κ2) is 7.98. The summed E-state index contributed by atoms with van der Waals surface area (Å²) in [6, 6.07) is 9.56. The lowest BCUT2D eigenvalue weighted by Gasteiger charge is -2.63. The van der Waals surface area contributed by atoms with Gasteiger partial charge in [0.15, 0.2) is 0 Å². The standard InChI is InChI=1S/C28H27F3N2O2/c1-15-10-18-17-4-2-3-5-23(17)32-26(18)27(33(15)14-28-9-8-19(28)22(31)13-28)25-20(29)11-16(12-21(25)30)6-7-24(34)35/h2-7,11-12,15,19,22,27,32H,8-10,13-14H2,1H3,(H,34,35)/b7-6+. The number of H-pyrrole nitrogens is 1. The van der Waals surface area contributed by atoms with E-state index in [2.05, 4.69) is 16.8 Å². The topological polar surface area (TPSA) is 56.3 Å². The molecule has 6 rings (SSSR count). The van der Waals surface area contributed by atoms with E-state index >= 15 is 8.78 Å². The number of hydrogen-bond acceptors (Lipinski definition) is 2. The molecule has 1 aliphatic heterocycles. The molecular formula is C28H27F3N2O2. The van der Waals surface area contributed by atoms with Gasteiger partial charge in [0.05, 0.1) is 6.04 Å². The maximum atomic E-state index is 15.6. The normalized spacial score (nSPS) is 30.1. The van der Waals surface area contributed by atoms with Gasteiger partial charge >= 0.3 is 5.97 Å². The van der Waals surface area contributed by atoms with Crippen molar-refractivity contribution in [3.8, 4) is 0 Å². The summed E-state index contributed by atoms with van der Waals surface area (Å²) in [5.74, 6) is -2.59. The molecule has 2 heterocycles. The predicted octanol–water partition coefficient (Wildman–Crippen LogP) is 6.02. The molecule has 5 atom stereocenters. The van der Waals surface area contributed by atoms with Crippen LogP contribution in [-0.4, -0.2) is 39.7 Å². The molecule has 2 N–H and O–H groups in total. The number of aliphatic carboxylic acids is 1. The molecule has 3 aromatic rings. The summed E-state index contributed by atoms with van der Waals surface area (Å²) in [6.45, 7) is 2.67. The fourth-order valence-corrected chi connectivity index (χ4v) is 6.73. The third kappa shape index (κ3) is 3.43. The third-order valence-corrected chi connectivity index (χ3v) is 8.59. The number of fused-ring (bicyclic) bond motifs is 4. The largest absolute Gasteiger partial charge is 0.478 e. The average Bonchev–Trinajstić information content (AvgIpc) is 3.16. The summed E-state index contributed by atoms with van der Waals surface area (Å²) < 4.78 is 45.5. The van der Waals surface area contributed by atoms with Crippen molar-refractivity contribution in [2.75, 3.05) is 6.54 Å². The lowest BCUT2D eigenvalue weighted by molar-refractivity contribution is -0.165. The Labute approximate surface area is 201 Å². The van der Waals surface area contributed by atoms with Gasteiger partial charge < -0.3 is 10.1 Å². The van der Waals surface area contributed by atoms with Crippen LogP contribution in [0.1, 0.15) is 54.6 Å². The van der Waals surface area contributed by atoms with Gasteiger partial charge in [-0.05, 0) is 79.3 Å². The van der Waals surface area contributed by atoms with Gasteiger partial charge in [0.25, 0.3) is 0 Å². The zero-order valence-electron chi connectivity index (χ0n) is 19.4. The third-order valence-electron chi connectivity index (χ3n) is 8.59. The van der Waals surface area contributed by atoms with E-state index in [0.29, 0.717) is 13.0 Å². The van der Waals surface area contributed by atoms with Crippen molar-refractivity contribution in [2.45, 2.75) is 50.9 Å². The molecule has 2 aromatic carbocycles. The highest BCUT2D eigenvalue weighted by Gasteiger charge is 2.61. The number of aromatic nitrogens is 1. The average molecular weight is 481 g/mol. The van der Waals surface area contributed by atoms with Gasteiger partial charge in [0.1, 0.15) is 17.8 Å². The Hall–Kier alpha value is -3.06. The smallest absolute Gasteiger partial charge is 0.328 e. The van der Waals surface area contributed by atoms with Gasteiger partial charge in [-0.1, -0.05) is 18.2 Å². The second-order valence-corrected chi connectivity index (χ2v) is 10.5. The number of halogens is 3. The molecule has 2 fully saturated rings. The van der Waals surface area contributed by atoms with Crippen molar-refractivity contribution in [1.29, 1.82) is 0 Å². The van der Waals surface area contributed by atoms with E-state index in [0.717, 1.165) is 47.5 Å². The first-order valence-electron chi connectivity index (χ1n) is 12.2. The zero-order chi connectivity index (χ0) is 24.5. The lowest BCUT2D eigenvalue weighted by atomic mass is 9.46. The molecule has 5 unspecified atom stereocenters. The van der Waals surface area contributed by atoms with Crippen molar-refractivity contribution in [1.82, 2.24) is 9.88 Å². The molecule has 0 spiro atoms. The van der Waals surface area contributed by atoms with Crippen molar-refractivity contribution in [3.05, 3.63) is 76.5 Å². The number of alkyl halides is 1. The fraction of sp³-hybridized carbons (Fsp3) is 0.393. The number of carboxylic acid groups (broad SMARTS) is 1. The Balaban J connectivity index is 1.49. The summed E-state index contributed by atoms with van der Waals surface area (Å²) in [6.07, 6.45) is 4.33. The van der Waals surface area contributed by atoms with Gasteiger partial charge in [-0.2, -0.15) is 0 Å². The number of nitrogens with zero attached hydrogens (tertiary/aromatic N) is 1. The molecular weight excluding hydrogens is 453 g/mol. The molecule has 0 saturated heterocycles. The number of carboxylic acids is 1. The maximum Gasteiger partial charge on any atom is 0.328 e. The molecule has 35 heavy (non-hydrogen) atoms. The summed E-state index contributed by atoms with van der Waals surface area (Å²) >= 11 is 0. The van der Waals surface area contributed by atoms with E-state index in [1.165, 1.54) is 18.2 Å².